The van der Waals surface area contributed by atoms with Crippen LogP contribution in [-0.4, -0.2) is 48.4 Å². The van der Waals surface area contributed by atoms with Gasteiger partial charge in [-0.05, 0) is 23.4 Å². The number of alkyl halides is 3. The number of carbonyl (C=O) groups is 1. The van der Waals surface area contributed by atoms with Crippen molar-refractivity contribution in [3.8, 4) is 0 Å². The van der Waals surface area contributed by atoms with Crippen molar-refractivity contribution in [2.45, 2.75) is 12.1 Å². The van der Waals surface area contributed by atoms with E-state index in [4.69, 9.17) is 4.74 Å². The molecule has 0 unspecified atom stereocenters. The molecule has 2 rings (SSSR count). The van der Waals surface area contributed by atoms with Crippen molar-refractivity contribution in [2.24, 2.45) is 0 Å². The predicted molar refractivity (Wildman–Crippen MR) is 79.7 cm³/mol. The van der Waals surface area contributed by atoms with E-state index in [1.165, 1.54) is 0 Å². The van der Waals surface area contributed by atoms with Crippen LogP contribution < -0.4 is 5.32 Å². The van der Waals surface area contributed by atoms with E-state index in [2.05, 4.69) is 10.2 Å². The highest BCUT2D eigenvalue weighted by Crippen LogP contribution is 2.30. The molecule has 1 aliphatic heterocycles. The first-order valence-corrected chi connectivity index (χ1v) is 7.81. The summed E-state index contributed by atoms with van der Waals surface area (Å²) in [5, 5.41) is 2.56. The van der Waals surface area contributed by atoms with E-state index in [0.717, 1.165) is 18.7 Å². The van der Waals surface area contributed by atoms with Crippen LogP contribution >= 0.6 is 11.8 Å². The number of benzene rings is 1. The van der Waals surface area contributed by atoms with Crippen LogP contribution in [0, 0.1) is 0 Å². The van der Waals surface area contributed by atoms with E-state index in [0.29, 0.717) is 25.4 Å². The van der Waals surface area contributed by atoms with Crippen LogP contribution in [0.25, 0.3) is 0 Å². The molecular weight excluding hydrogens is 317 g/mol. The van der Waals surface area contributed by atoms with Crippen molar-refractivity contribution >= 4 is 23.4 Å². The van der Waals surface area contributed by atoms with Crippen LogP contribution in [0.4, 0.5) is 18.9 Å². The summed E-state index contributed by atoms with van der Waals surface area (Å²) in [6.07, 6.45) is 0. The zero-order chi connectivity index (χ0) is 16.0. The molecular formula is C14H17F3N2O2S. The molecule has 122 valence electrons. The maximum absolute atomic E-state index is 12.1. The standard InChI is InChI=1S/C14H17F3N2O2S/c15-14(16,17)22-10-13(20)18-12-4-2-1-3-11(12)9-19-5-7-21-8-6-19/h1-4H,5-10H2,(H,18,20). The van der Waals surface area contributed by atoms with E-state index in [-0.39, 0.29) is 11.8 Å². The molecule has 1 aromatic carbocycles. The molecule has 22 heavy (non-hydrogen) atoms. The van der Waals surface area contributed by atoms with Crippen LogP contribution in [0.5, 0.6) is 0 Å². The summed E-state index contributed by atoms with van der Waals surface area (Å²) in [4.78, 5) is 13.8. The average Bonchev–Trinajstić information content (AvgIpc) is 2.48. The quantitative estimate of drug-likeness (QED) is 0.899. The number of carbonyl (C=O) groups excluding carboxylic acids is 1. The number of para-hydroxylation sites is 1. The smallest absolute Gasteiger partial charge is 0.379 e. The van der Waals surface area contributed by atoms with E-state index in [1.807, 2.05) is 12.1 Å². The highest BCUT2D eigenvalue weighted by Gasteiger charge is 2.29. The van der Waals surface area contributed by atoms with Crippen LogP contribution in [0.15, 0.2) is 24.3 Å². The summed E-state index contributed by atoms with van der Waals surface area (Å²) in [5.74, 6) is -1.30. The predicted octanol–water partition coefficient (Wildman–Crippen LogP) is 2.71. The maximum atomic E-state index is 12.1. The maximum Gasteiger partial charge on any atom is 0.442 e. The minimum Gasteiger partial charge on any atom is -0.379 e. The highest BCUT2D eigenvalue weighted by molar-refractivity contribution is 8.00. The fourth-order valence-electron chi connectivity index (χ4n) is 2.11. The number of halogens is 3. The second-order valence-corrected chi connectivity index (χ2v) is 5.87. The monoisotopic (exact) mass is 334 g/mol. The third-order valence-corrected chi connectivity index (χ3v) is 3.89. The molecule has 1 saturated heterocycles. The van der Waals surface area contributed by atoms with E-state index in [1.54, 1.807) is 12.1 Å². The Morgan fingerprint density at radius 3 is 2.64 bits per heavy atom. The molecule has 1 aliphatic rings. The van der Waals surface area contributed by atoms with Gasteiger partial charge in [-0.15, -0.1) is 0 Å². The second-order valence-electron chi connectivity index (χ2n) is 4.83. The lowest BCUT2D eigenvalue weighted by Crippen LogP contribution is -2.35. The Balaban J connectivity index is 1.94. The fourth-order valence-corrected chi connectivity index (χ4v) is 2.48. The molecule has 1 amide bonds. The zero-order valence-corrected chi connectivity index (χ0v) is 12.7. The first kappa shape index (κ1) is 17.1. The topological polar surface area (TPSA) is 41.6 Å². The summed E-state index contributed by atoms with van der Waals surface area (Å²) in [6, 6.07) is 7.15. The van der Waals surface area contributed by atoms with Crippen LogP contribution in [-0.2, 0) is 16.1 Å². The molecule has 1 N–H and O–H groups in total. The number of rotatable bonds is 5. The Hall–Kier alpha value is -1.25. The number of nitrogens with zero attached hydrogens (tertiary/aromatic N) is 1. The summed E-state index contributed by atoms with van der Waals surface area (Å²) in [7, 11) is 0. The number of amides is 1. The Kier molecular flexibility index (Phi) is 6.10. The molecule has 1 heterocycles. The largest absolute Gasteiger partial charge is 0.442 e. The van der Waals surface area contributed by atoms with Crippen LogP contribution in [0.2, 0.25) is 0 Å². The van der Waals surface area contributed by atoms with E-state index >= 15 is 0 Å². The van der Waals surface area contributed by atoms with Gasteiger partial charge in [-0.1, -0.05) is 18.2 Å². The van der Waals surface area contributed by atoms with Gasteiger partial charge in [0.1, 0.15) is 0 Å². The van der Waals surface area contributed by atoms with E-state index in [9.17, 15) is 18.0 Å². The molecule has 0 aliphatic carbocycles. The third kappa shape index (κ3) is 5.86. The van der Waals surface area contributed by atoms with Crippen molar-refractivity contribution in [3.63, 3.8) is 0 Å². The van der Waals surface area contributed by atoms with Gasteiger partial charge in [0.15, 0.2) is 0 Å². The number of nitrogens with one attached hydrogen (secondary N) is 1. The Labute approximate surface area is 131 Å². The molecule has 0 saturated carbocycles. The average molecular weight is 334 g/mol. The van der Waals surface area contributed by atoms with Gasteiger partial charge < -0.3 is 10.1 Å². The number of thioether (sulfide) groups is 1. The molecule has 0 radical (unpaired) electrons. The van der Waals surface area contributed by atoms with Gasteiger partial charge in [0.25, 0.3) is 0 Å². The summed E-state index contributed by atoms with van der Waals surface area (Å²) >= 11 is -0.337. The molecule has 4 nitrogen and oxygen atoms in total. The van der Waals surface area contributed by atoms with Gasteiger partial charge in [-0.2, -0.15) is 13.2 Å². The number of ether oxygens (including phenoxy) is 1. The lowest BCUT2D eigenvalue weighted by Gasteiger charge is -2.27. The molecule has 0 aromatic heterocycles. The molecule has 0 atom stereocenters. The van der Waals surface area contributed by atoms with Gasteiger partial charge in [0.2, 0.25) is 5.91 Å². The number of anilines is 1. The summed E-state index contributed by atoms with van der Waals surface area (Å²) in [5.41, 5.74) is -2.96. The van der Waals surface area contributed by atoms with Gasteiger partial charge in [-0.3, -0.25) is 9.69 Å². The molecule has 8 heteroatoms. The Bertz CT molecular complexity index is 505. The zero-order valence-electron chi connectivity index (χ0n) is 11.9. The molecule has 0 spiro atoms. The molecule has 1 fully saturated rings. The lowest BCUT2D eigenvalue weighted by atomic mass is 10.1. The number of hydrogen-bond donors (Lipinski definition) is 1. The van der Waals surface area contributed by atoms with Crippen LogP contribution in [0.3, 0.4) is 0 Å². The second kappa shape index (κ2) is 7.85. The van der Waals surface area contributed by atoms with Crippen molar-refractivity contribution < 1.29 is 22.7 Å². The summed E-state index contributed by atoms with van der Waals surface area (Å²) in [6.45, 7) is 3.55. The SMILES string of the molecule is O=C(CSC(F)(F)F)Nc1ccccc1CN1CCOCC1. The minimum absolute atomic E-state index is 0.337. The normalized spacial score (nSPS) is 16.5. The fraction of sp³-hybridized carbons (Fsp3) is 0.500. The van der Waals surface area contributed by atoms with Gasteiger partial charge >= 0.3 is 5.51 Å². The Morgan fingerprint density at radius 1 is 1.27 bits per heavy atom. The van der Waals surface area contributed by atoms with Crippen molar-refractivity contribution in [2.75, 3.05) is 37.4 Å². The molecule has 0 bridgehead atoms. The van der Waals surface area contributed by atoms with Gasteiger partial charge in [0.05, 0.1) is 19.0 Å². The van der Waals surface area contributed by atoms with Crippen molar-refractivity contribution in [1.82, 2.24) is 4.90 Å². The summed E-state index contributed by atoms with van der Waals surface area (Å²) < 4.78 is 41.6. The van der Waals surface area contributed by atoms with Crippen molar-refractivity contribution in [1.29, 1.82) is 0 Å². The number of morpholine rings is 1. The minimum atomic E-state index is -4.40. The van der Waals surface area contributed by atoms with Crippen molar-refractivity contribution in [3.05, 3.63) is 29.8 Å². The highest BCUT2D eigenvalue weighted by atomic mass is 32.2. The van der Waals surface area contributed by atoms with Gasteiger partial charge in [0, 0.05) is 25.3 Å². The molecule has 1 aromatic rings. The number of hydrogen-bond acceptors (Lipinski definition) is 4. The first-order chi connectivity index (χ1) is 10.4. The van der Waals surface area contributed by atoms with E-state index < -0.39 is 17.2 Å². The third-order valence-electron chi connectivity index (χ3n) is 3.16. The first-order valence-electron chi connectivity index (χ1n) is 6.82. The lowest BCUT2D eigenvalue weighted by molar-refractivity contribution is -0.114. The van der Waals surface area contributed by atoms with Gasteiger partial charge in [-0.25, -0.2) is 0 Å². The van der Waals surface area contributed by atoms with Crippen LogP contribution in [0.1, 0.15) is 5.56 Å². The Morgan fingerprint density at radius 2 is 1.95 bits per heavy atom.